The number of hydrogen-bond donors (Lipinski definition) is 1. The van der Waals surface area contributed by atoms with Crippen LogP contribution in [-0.4, -0.2) is 24.1 Å². The van der Waals surface area contributed by atoms with Gasteiger partial charge in [-0.05, 0) is 29.8 Å². The molecule has 5 heteroatoms. The lowest BCUT2D eigenvalue weighted by Gasteiger charge is -2.12. The number of aromatic nitrogens is 2. The van der Waals surface area contributed by atoms with Crippen LogP contribution in [0.15, 0.2) is 67.0 Å². The molecule has 0 saturated carbocycles. The van der Waals surface area contributed by atoms with Crippen molar-refractivity contribution >= 4 is 17.3 Å². The summed E-state index contributed by atoms with van der Waals surface area (Å²) in [6.45, 7) is 0.561. The van der Waals surface area contributed by atoms with Crippen molar-refractivity contribution in [3.8, 4) is 5.75 Å². The Balaban J connectivity index is 1.61. The van der Waals surface area contributed by atoms with Gasteiger partial charge in [0.25, 0.3) is 0 Å². The van der Waals surface area contributed by atoms with E-state index in [4.69, 9.17) is 4.74 Å². The summed E-state index contributed by atoms with van der Waals surface area (Å²) in [5.74, 6) is 2.45. The number of ether oxygens (including phenoxy) is 1. The summed E-state index contributed by atoms with van der Waals surface area (Å²) in [6.07, 6.45) is 1.55. The van der Waals surface area contributed by atoms with E-state index in [-0.39, 0.29) is 0 Å². The fourth-order valence-electron chi connectivity index (χ4n) is 2.18. The van der Waals surface area contributed by atoms with Crippen molar-refractivity contribution in [1.82, 2.24) is 9.97 Å². The minimum absolute atomic E-state index is 0.561. The highest BCUT2D eigenvalue weighted by molar-refractivity contribution is 5.59. The molecular formula is C19H20N4O. The van der Waals surface area contributed by atoms with Crippen LogP contribution < -0.4 is 15.0 Å². The Kier molecular flexibility index (Phi) is 4.91. The molecule has 0 bridgehead atoms. The van der Waals surface area contributed by atoms with E-state index in [0.29, 0.717) is 6.61 Å². The highest BCUT2D eigenvalue weighted by Gasteiger charge is 2.02. The highest BCUT2D eigenvalue weighted by Crippen LogP contribution is 2.21. The van der Waals surface area contributed by atoms with Gasteiger partial charge in [-0.25, -0.2) is 9.97 Å². The Morgan fingerprint density at radius 3 is 2.42 bits per heavy atom. The zero-order chi connectivity index (χ0) is 16.8. The van der Waals surface area contributed by atoms with Crippen molar-refractivity contribution < 1.29 is 4.74 Å². The van der Waals surface area contributed by atoms with E-state index in [0.717, 1.165) is 28.6 Å². The van der Waals surface area contributed by atoms with Crippen LogP contribution in [0.25, 0.3) is 0 Å². The first-order valence-electron chi connectivity index (χ1n) is 7.74. The summed E-state index contributed by atoms with van der Waals surface area (Å²) in [4.78, 5) is 10.4. The summed E-state index contributed by atoms with van der Waals surface area (Å²) in [5.41, 5.74) is 2.10. The summed E-state index contributed by atoms with van der Waals surface area (Å²) < 4.78 is 5.79. The Morgan fingerprint density at radius 1 is 0.958 bits per heavy atom. The predicted molar refractivity (Wildman–Crippen MR) is 96.9 cm³/mol. The van der Waals surface area contributed by atoms with Gasteiger partial charge in [-0.2, -0.15) is 0 Å². The van der Waals surface area contributed by atoms with Crippen LogP contribution in [0.1, 0.15) is 5.56 Å². The number of nitrogens with zero attached hydrogens (tertiary/aromatic N) is 3. The molecular weight excluding hydrogens is 300 g/mol. The van der Waals surface area contributed by atoms with Gasteiger partial charge in [0.2, 0.25) is 0 Å². The maximum Gasteiger partial charge on any atom is 0.135 e. The number of nitrogens with one attached hydrogen (secondary N) is 1. The standard InChI is InChI=1S/C19H20N4O/c1-23(2)19-12-18(20-14-21-19)22-16-8-10-17(11-9-16)24-13-15-6-4-3-5-7-15/h3-12,14H,13H2,1-2H3,(H,20,21,22). The molecule has 2 aromatic carbocycles. The Bertz CT molecular complexity index is 773. The molecule has 122 valence electrons. The van der Waals surface area contributed by atoms with Crippen molar-refractivity contribution in [3.05, 3.63) is 72.6 Å². The predicted octanol–water partition coefficient (Wildman–Crippen LogP) is 3.87. The van der Waals surface area contributed by atoms with Crippen molar-refractivity contribution in [2.24, 2.45) is 0 Å². The van der Waals surface area contributed by atoms with Crippen molar-refractivity contribution in [2.75, 3.05) is 24.3 Å². The summed E-state index contributed by atoms with van der Waals surface area (Å²) in [6, 6.07) is 19.8. The van der Waals surface area contributed by atoms with Gasteiger partial charge in [0.05, 0.1) is 0 Å². The number of benzene rings is 2. The molecule has 0 fully saturated rings. The van der Waals surface area contributed by atoms with Gasteiger partial charge >= 0.3 is 0 Å². The van der Waals surface area contributed by atoms with Crippen molar-refractivity contribution in [1.29, 1.82) is 0 Å². The fourth-order valence-corrected chi connectivity index (χ4v) is 2.18. The first-order chi connectivity index (χ1) is 11.7. The van der Waals surface area contributed by atoms with Gasteiger partial charge in [-0.15, -0.1) is 0 Å². The first-order valence-corrected chi connectivity index (χ1v) is 7.74. The van der Waals surface area contributed by atoms with Crippen molar-refractivity contribution in [2.45, 2.75) is 6.61 Å². The van der Waals surface area contributed by atoms with Crippen LogP contribution >= 0.6 is 0 Å². The summed E-state index contributed by atoms with van der Waals surface area (Å²) in [7, 11) is 3.90. The molecule has 0 aliphatic heterocycles. The third-order valence-electron chi connectivity index (χ3n) is 3.49. The second-order valence-electron chi connectivity index (χ2n) is 5.58. The molecule has 0 spiro atoms. The maximum atomic E-state index is 5.79. The zero-order valence-corrected chi connectivity index (χ0v) is 13.8. The normalized spacial score (nSPS) is 10.2. The third kappa shape index (κ3) is 4.23. The van der Waals surface area contributed by atoms with E-state index >= 15 is 0 Å². The molecule has 0 aliphatic carbocycles. The van der Waals surface area contributed by atoms with Gasteiger partial charge in [0.1, 0.15) is 30.3 Å². The minimum Gasteiger partial charge on any atom is -0.489 e. The SMILES string of the molecule is CN(C)c1cc(Nc2ccc(OCc3ccccc3)cc2)ncn1. The molecule has 24 heavy (non-hydrogen) atoms. The smallest absolute Gasteiger partial charge is 0.135 e. The van der Waals surface area contributed by atoms with Crippen LogP contribution in [0, 0.1) is 0 Å². The lowest BCUT2D eigenvalue weighted by molar-refractivity contribution is 0.306. The van der Waals surface area contributed by atoms with Gasteiger partial charge in [0, 0.05) is 25.8 Å². The number of rotatable bonds is 6. The molecule has 5 nitrogen and oxygen atoms in total. The quantitative estimate of drug-likeness (QED) is 0.747. The molecule has 1 heterocycles. The topological polar surface area (TPSA) is 50.3 Å². The molecule has 1 N–H and O–H groups in total. The molecule has 0 atom stereocenters. The van der Waals surface area contributed by atoms with Gasteiger partial charge < -0.3 is 15.0 Å². The van der Waals surface area contributed by atoms with Crippen LogP contribution in [0.5, 0.6) is 5.75 Å². The average Bonchev–Trinajstić information content (AvgIpc) is 2.62. The van der Waals surface area contributed by atoms with Crippen LogP contribution in [0.2, 0.25) is 0 Å². The highest BCUT2D eigenvalue weighted by atomic mass is 16.5. The molecule has 3 rings (SSSR count). The third-order valence-corrected chi connectivity index (χ3v) is 3.49. The maximum absolute atomic E-state index is 5.79. The molecule has 0 radical (unpaired) electrons. The molecule has 3 aromatic rings. The largest absolute Gasteiger partial charge is 0.489 e. The zero-order valence-electron chi connectivity index (χ0n) is 13.8. The van der Waals surface area contributed by atoms with Gasteiger partial charge in [-0.1, -0.05) is 30.3 Å². The van der Waals surface area contributed by atoms with E-state index in [1.54, 1.807) is 6.33 Å². The van der Waals surface area contributed by atoms with E-state index < -0.39 is 0 Å². The van der Waals surface area contributed by atoms with E-state index in [1.165, 1.54) is 0 Å². The van der Waals surface area contributed by atoms with Crippen molar-refractivity contribution in [3.63, 3.8) is 0 Å². The molecule has 0 amide bonds. The second-order valence-corrected chi connectivity index (χ2v) is 5.58. The van der Waals surface area contributed by atoms with Crippen LogP contribution in [-0.2, 0) is 6.61 Å². The molecule has 1 aromatic heterocycles. The summed E-state index contributed by atoms with van der Waals surface area (Å²) >= 11 is 0. The molecule has 0 unspecified atom stereocenters. The van der Waals surface area contributed by atoms with Crippen LogP contribution in [0.3, 0.4) is 0 Å². The summed E-state index contributed by atoms with van der Waals surface area (Å²) in [5, 5.41) is 3.27. The van der Waals surface area contributed by atoms with E-state index in [9.17, 15) is 0 Å². The average molecular weight is 320 g/mol. The lowest BCUT2D eigenvalue weighted by Crippen LogP contribution is -2.11. The van der Waals surface area contributed by atoms with Crippen LogP contribution in [0.4, 0.5) is 17.3 Å². The number of hydrogen-bond acceptors (Lipinski definition) is 5. The fraction of sp³-hybridized carbons (Fsp3) is 0.158. The van der Waals surface area contributed by atoms with Gasteiger partial charge in [-0.3, -0.25) is 0 Å². The van der Waals surface area contributed by atoms with Gasteiger partial charge in [0.15, 0.2) is 0 Å². The monoisotopic (exact) mass is 320 g/mol. The molecule has 0 saturated heterocycles. The lowest BCUT2D eigenvalue weighted by atomic mass is 10.2. The Morgan fingerprint density at radius 2 is 1.71 bits per heavy atom. The second kappa shape index (κ2) is 7.46. The Labute approximate surface area is 142 Å². The number of anilines is 3. The molecule has 0 aliphatic rings. The van der Waals surface area contributed by atoms with E-state index in [2.05, 4.69) is 15.3 Å². The minimum atomic E-state index is 0.561. The Hall–Kier alpha value is -3.08. The van der Waals surface area contributed by atoms with E-state index in [1.807, 2.05) is 79.7 Å². The first kappa shape index (κ1) is 15.8.